The summed E-state index contributed by atoms with van der Waals surface area (Å²) in [5.74, 6) is 1.11. The molecule has 2 fully saturated rings. The Balaban J connectivity index is 1.83. The van der Waals surface area contributed by atoms with Crippen molar-refractivity contribution < 1.29 is 17.7 Å². The number of rotatable bonds is 6. The van der Waals surface area contributed by atoms with E-state index in [0.717, 1.165) is 12.8 Å². The average Bonchev–Trinajstić information content (AvgIpc) is 3.18. The lowest BCUT2D eigenvalue weighted by atomic mass is 9.71. The SMILES string of the molecule is CCC(CC)C(=O)N1CC2(C1)CN(S(=O)(=O)CC)CC2c1nc(C)no1. The van der Waals surface area contributed by atoms with E-state index in [0.29, 0.717) is 37.9 Å². The number of sulfonamides is 1. The highest BCUT2D eigenvalue weighted by Crippen LogP contribution is 2.49. The van der Waals surface area contributed by atoms with Gasteiger partial charge in [0.2, 0.25) is 21.8 Å². The van der Waals surface area contributed by atoms with E-state index in [9.17, 15) is 13.2 Å². The van der Waals surface area contributed by atoms with Crippen LogP contribution in [-0.4, -0.2) is 65.6 Å². The number of carbonyl (C=O) groups excluding carboxylic acids is 1. The van der Waals surface area contributed by atoms with Crippen LogP contribution < -0.4 is 0 Å². The number of hydrogen-bond donors (Lipinski definition) is 0. The first-order valence-electron chi connectivity index (χ1n) is 9.33. The minimum atomic E-state index is -3.30. The van der Waals surface area contributed by atoms with Crippen molar-refractivity contribution in [1.82, 2.24) is 19.3 Å². The third-order valence-electron chi connectivity index (χ3n) is 5.87. The quantitative estimate of drug-likeness (QED) is 0.735. The second-order valence-electron chi connectivity index (χ2n) is 7.50. The Morgan fingerprint density at radius 3 is 2.42 bits per heavy atom. The molecular weight excluding hydrogens is 356 g/mol. The van der Waals surface area contributed by atoms with Gasteiger partial charge in [-0.3, -0.25) is 4.79 Å². The molecule has 1 aromatic heterocycles. The fraction of sp³-hybridized carbons (Fsp3) is 0.824. The molecular formula is C17H28N4O4S. The molecule has 2 aliphatic rings. The third-order valence-corrected chi connectivity index (χ3v) is 7.67. The number of hydrogen-bond acceptors (Lipinski definition) is 6. The Labute approximate surface area is 155 Å². The molecule has 1 aromatic rings. The van der Waals surface area contributed by atoms with Crippen molar-refractivity contribution in [3.8, 4) is 0 Å². The van der Waals surface area contributed by atoms with Gasteiger partial charge in [-0.2, -0.15) is 4.98 Å². The van der Waals surface area contributed by atoms with Crippen LogP contribution in [0.2, 0.25) is 0 Å². The van der Waals surface area contributed by atoms with E-state index >= 15 is 0 Å². The van der Waals surface area contributed by atoms with Gasteiger partial charge in [-0.15, -0.1) is 0 Å². The van der Waals surface area contributed by atoms with Crippen molar-refractivity contribution in [2.75, 3.05) is 31.9 Å². The summed E-state index contributed by atoms with van der Waals surface area (Å²) in [6.07, 6.45) is 1.64. The van der Waals surface area contributed by atoms with Gasteiger partial charge in [0, 0.05) is 37.5 Å². The largest absolute Gasteiger partial charge is 0.341 e. The number of aromatic nitrogens is 2. The molecule has 3 heterocycles. The standard InChI is InChI=1S/C17H28N4O4S/c1-5-13(6-2)16(22)20-9-17(10-20)11-21(26(23,24)7-3)8-14(17)15-18-12(4)19-25-15/h13-14H,5-11H2,1-4H3. The molecule has 3 rings (SSSR count). The third kappa shape index (κ3) is 3.15. The molecule has 0 bridgehead atoms. The summed E-state index contributed by atoms with van der Waals surface area (Å²) >= 11 is 0. The van der Waals surface area contributed by atoms with Crippen LogP contribution in [0.3, 0.4) is 0 Å². The highest BCUT2D eigenvalue weighted by molar-refractivity contribution is 7.89. The zero-order valence-corrected chi connectivity index (χ0v) is 16.8. The minimum absolute atomic E-state index is 0.0355. The van der Waals surface area contributed by atoms with Crippen molar-refractivity contribution in [2.24, 2.45) is 11.3 Å². The first kappa shape index (κ1) is 19.3. The Hall–Kier alpha value is -1.48. The molecule has 8 nitrogen and oxygen atoms in total. The summed E-state index contributed by atoms with van der Waals surface area (Å²) in [7, 11) is -3.30. The van der Waals surface area contributed by atoms with E-state index in [1.807, 2.05) is 18.7 Å². The Morgan fingerprint density at radius 2 is 1.92 bits per heavy atom. The average molecular weight is 385 g/mol. The Morgan fingerprint density at radius 1 is 1.27 bits per heavy atom. The Bertz CT molecular complexity index is 765. The predicted molar refractivity (Wildman–Crippen MR) is 95.9 cm³/mol. The maximum atomic E-state index is 12.7. The fourth-order valence-electron chi connectivity index (χ4n) is 4.20. The van der Waals surface area contributed by atoms with Crippen LogP contribution in [0.5, 0.6) is 0 Å². The highest BCUT2D eigenvalue weighted by Gasteiger charge is 2.59. The van der Waals surface area contributed by atoms with Gasteiger partial charge >= 0.3 is 0 Å². The van der Waals surface area contributed by atoms with Gasteiger partial charge < -0.3 is 9.42 Å². The van der Waals surface area contributed by atoms with Crippen LogP contribution in [-0.2, 0) is 14.8 Å². The van der Waals surface area contributed by atoms with Crippen LogP contribution in [0.25, 0.3) is 0 Å². The van der Waals surface area contributed by atoms with Crippen molar-refractivity contribution >= 4 is 15.9 Å². The van der Waals surface area contributed by atoms with Crippen LogP contribution in [0.1, 0.15) is 51.2 Å². The van der Waals surface area contributed by atoms with E-state index in [1.165, 1.54) is 4.31 Å². The van der Waals surface area contributed by atoms with Gasteiger partial charge in [-0.25, -0.2) is 12.7 Å². The fourth-order valence-corrected chi connectivity index (χ4v) is 5.39. The molecule has 1 amide bonds. The van der Waals surface area contributed by atoms with Gasteiger partial charge in [0.1, 0.15) is 0 Å². The zero-order chi connectivity index (χ0) is 19.1. The van der Waals surface area contributed by atoms with E-state index < -0.39 is 10.0 Å². The topological polar surface area (TPSA) is 96.6 Å². The molecule has 2 saturated heterocycles. The molecule has 2 aliphatic heterocycles. The molecule has 146 valence electrons. The molecule has 1 atom stereocenters. The first-order chi connectivity index (χ1) is 12.3. The van der Waals surface area contributed by atoms with E-state index in [-0.39, 0.29) is 28.9 Å². The lowest BCUT2D eigenvalue weighted by molar-refractivity contribution is -0.148. The van der Waals surface area contributed by atoms with Crippen molar-refractivity contribution in [3.63, 3.8) is 0 Å². The van der Waals surface area contributed by atoms with Gasteiger partial charge in [0.25, 0.3) is 0 Å². The van der Waals surface area contributed by atoms with Crippen LogP contribution in [0.15, 0.2) is 4.52 Å². The molecule has 9 heteroatoms. The number of nitrogens with zero attached hydrogens (tertiary/aromatic N) is 4. The lowest BCUT2D eigenvalue weighted by Gasteiger charge is -2.51. The molecule has 0 aliphatic carbocycles. The highest BCUT2D eigenvalue weighted by atomic mass is 32.2. The summed E-state index contributed by atoms with van der Waals surface area (Å²) in [6, 6.07) is 0. The summed E-state index contributed by atoms with van der Waals surface area (Å²) in [5, 5.41) is 3.87. The Kier molecular flexibility index (Phi) is 5.13. The number of carbonyl (C=O) groups is 1. The summed E-state index contributed by atoms with van der Waals surface area (Å²) < 4.78 is 31.7. The monoisotopic (exact) mass is 384 g/mol. The smallest absolute Gasteiger partial charge is 0.231 e. The van der Waals surface area contributed by atoms with Crippen LogP contribution >= 0.6 is 0 Å². The molecule has 1 spiro atoms. The van der Waals surface area contributed by atoms with Crippen LogP contribution in [0.4, 0.5) is 0 Å². The predicted octanol–water partition coefficient (Wildman–Crippen LogP) is 1.39. The van der Waals surface area contributed by atoms with E-state index in [4.69, 9.17) is 4.52 Å². The van der Waals surface area contributed by atoms with E-state index in [2.05, 4.69) is 10.1 Å². The van der Waals surface area contributed by atoms with Crippen molar-refractivity contribution in [3.05, 3.63) is 11.7 Å². The summed E-state index contributed by atoms with van der Waals surface area (Å²) in [6.45, 7) is 9.28. The summed E-state index contributed by atoms with van der Waals surface area (Å²) in [4.78, 5) is 18.9. The number of aryl methyl sites for hydroxylation is 1. The molecule has 0 radical (unpaired) electrons. The molecule has 0 aromatic carbocycles. The second-order valence-corrected chi connectivity index (χ2v) is 9.75. The van der Waals surface area contributed by atoms with Crippen molar-refractivity contribution in [2.45, 2.75) is 46.5 Å². The van der Waals surface area contributed by atoms with Gasteiger partial charge in [0.05, 0.1) is 11.7 Å². The zero-order valence-electron chi connectivity index (χ0n) is 15.9. The normalized spacial score (nSPS) is 23.0. The number of likely N-dealkylation sites (tertiary alicyclic amines) is 1. The molecule has 0 N–H and O–H groups in total. The van der Waals surface area contributed by atoms with Gasteiger partial charge in [-0.05, 0) is 26.7 Å². The second kappa shape index (κ2) is 6.92. The maximum absolute atomic E-state index is 12.7. The number of amides is 1. The summed E-state index contributed by atoms with van der Waals surface area (Å²) in [5.41, 5.74) is -0.330. The minimum Gasteiger partial charge on any atom is -0.341 e. The molecule has 0 saturated carbocycles. The van der Waals surface area contributed by atoms with Gasteiger partial charge in [0.15, 0.2) is 5.82 Å². The van der Waals surface area contributed by atoms with E-state index in [1.54, 1.807) is 13.8 Å². The maximum Gasteiger partial charge on any atom is 0.231 e. The van der Waals surface area contributed by atoms with Crippen molar-refractivity contribution in [1.29, 1.82) is 0 Å². The van der Waals surface area contributed by atoms with Crippen LogP contribution in [0, 0.1) is 18.3 Å². The molecule has 26 heavy (non-hydrogen) atoms. The first-order valence-corrected chi connectivity index (χ1v) is 10.9. The van der Waals surface area contributed by atoms with Gasteiger partial charge in [-0.1, -0.05) is 19.0 Å². The lowest BCUT2D eigenvalue weighted by Crippen LogP contribution is -2.62. The molecule has 1 unspecified atom stereocenters.